The lowest BCUT2D eigenvalue weighted by Crippen LogP contribution is -2.35. The number of rotatable bonds is 7. The second kappa shape index (κ2) is 9.09. The number of benzene rings is 2. The lowest BCUT2D eigenvalue weighted by atomic mass is 10.2. The van der Waals surface area contributed by atoms with Crippen LogP contribution in [0.15, 0.2) is 53.3 Å². The Morgan fingerprint density at radius 2 is 1.90 bits per heavy atom. The molecule has 0 fully saturated rings. The highest BCUT2D eigenvalue weighted by Crippen LogP contribution is 2.08. The summed E-state index contributed by atoms with van der Waals surface area (Å²) in [5.74, 6) is -1.02. The number of nitrogens with zero attached hydrogens (tertiary/aromatic N) is 1. The highest BCUT2D eigenvalue weighted by Gasteiger charge is 2.18. The van der Waals surface area contributed by atoms with E-state index in [4.69, 9.17) is 4.74 Å². The summed E-state index contributed by atoms with van der Waals surface area (Å²) in [5, 5.41) is 3.10. The number of nitrogens with one attached hydrogen (secondary N) is 2. The smallest absolute Gasteiger partial charge is 0.307 e. The summed E-state index contributed by atoms with van der Waals surface area (Å²) < 4.78 is 18.0. The SMILES string of the molecule is C[C@@H](OC(=O)CCc1nc2ccccc2c(=O)[nH]1)C(=O)NCc1ccc(F)cc1. The van der Waals surface area contributed by atoms with E-state index in [1.165, 1.54) is 19.1 Å². The van der Waals surface area contributed by atoms with Crippen LogP contribution in [0.5, 0.6) is 0 Å². The number of halogens is 1. The van der Waals surface area contributed by atoms with Crippen molar-refractivity contribution in [3.8, 4) is 0 Å². The summed E-state index contributed by atoms with van der Waals surface area (Å²) in [7, 11) is 0. The van der Waals surface area contributed by atoms with Crippen molar-refractivity contribution < 1.29 is 18.7 Å². The van der Waals surface area contributed by atoms with Gasteiger partial charge in [-0.2, -0.15) is 0 Å². The van der Waals surface area contributed by atoms with Gasteiger partial charge < -0.3 is 15.0 Å². The fourth-order valence-electron chi connectivity index (χ4n) is 2.72. The third-order valence-electron chi connectivity index (χ3n) is 4.29. The van der Waals surface area contributed by atoms with Crippen LogP contribution in [-0.2, 0) is 27.3 Å². The van der Waals surface area contributed by atoms with Crippen molar-refractivity contribution in [1.29, 1.82) is 0 Å². The van der Waals surface area contributed by atoms with Gasteiger partial charge in [0.15, 0.2) is 6.10 Å². The molecule has 2 N–H and O–H groups in total. The first kappa shape index (κ1) is 20.2. The number of fused-ring (bicyclic) bond motifs is 1. The van der Waals surface area contributed by atoms with Gasteiger partial charge in [0, 0.05) is 13.0 Å². The van der Waals surface area contributed by atoms with E-state index in [0.717, 1.165) is 5.56 Å². The molecule has 1 aromatic heterocycles. The Labute approximate surface area is 165 Å². The molecule has 29 heavy (non-hydrogen) atoms. The molecule has 7 nitrogen and oxygen atoms in total. The number of carbonyl (C=O) groups excluding carboxylic acids is 2. The van der Waals surface area contributed by atoms with Crippen molar-refractivity contribution in [1.82, 2.24) is 15.3 Å². The van der Waals surface area contributed by atoms with Gasteiger partial charge in [-0.25, -0.2) is 9.37 Å². The van der Waals surface area contributed by atoms with Crippen LogP contribution in [-0.4, -0.2) is 27.9 Å². The normalized spacial score (nSPS) is 11.8. The van der Waals surface area contributed by atoms with E-state index < -0.39 is 18.0 Å². The molecule has 150 valence electrons. The summed E-state index contributed by atoms with van der Waals surface area (Å²) >= 11 is 0. The first-order valence-electron chi connectivity index (χ1n) is 9.12. The van der Waals surface area contributed by atoms with Gasteiger partial charge in [0.2, 0.25) is 0 Å². The number of hydrogen-bond acceptors (Lipinski definition) is 5. The van der Waals surface area contributed by atoms with Crippen LogP contribution in [0.25, 0.3) is 10.9 Å². The summed E-state index contributed by atoms with van der Waals surface area (Å²) in [4.78, 5) is 43.1. The van der Waals surface area contributed by atoms with Gasteiger partial charge in [0.1, 0.15) is 11.6 Å². The molecule has 0 radical (unpaired) electrons. The van der Waals surface area contributed by atoms with E-state index in [9.17, 15) is 18.8 Å². The quantitative estimate of drug-likeness (QED) is 0.596. The molecular formula is C21H20FN3O4. The monoisotopic (exact) mass is 397 g/mol. The number of esters is 1. The number of hydrogen-bond donors (Lipinski definition) is 2. The molecule has 0 saturated heterocycles. The van der Waals surface area contributed by atoms with Gasteiger partial charge in [-0.1, -0.05) is 24.3 Å². The molecule has 1 heterocycles. The van der Waals surface area contributed by atoms with Crippen LogP contribution in [0, 0.1) is 5.82 Å². The van der Waals surface area contributed by atoms with Gasteiger partial charge in [-0.15, -0.1) is 0 Å². The van der Waals surface area contributed by atoms with Crippen molar-refractivity contribution in [2.45, 2.75) is 32.4 Å². The highest BCUT2D eigenvalue weighted by molar-refractivity contribution is 5.83. The average Bonchev–Trinajstić information content (AvgIpc) is 2.71. The van der Waals surface area contributed by atoms with E-state index >= 15 is 0 Å². The summed E-state index contributed by atoms with van der Waals surface area (Å²) in [6.07, 6.45) is -0.828. The van der Waals surface area contributed by atoms with Crippen LogP contribution < -0.4 is 10.9 Å². The second-order valence-electron chi connectivity index (χ2n) is 6.51. The minimum Gasteiger partial charge on any atom is -0.453 e. The Bertz CT molecular complexity index is 1080. The molecule has 0 aliphatic heterocycles. The fraction of sp³-hybridized carbons (Fsp3) is 0.238. The van der Waals surface area contributed by atoms with Gasteiger partial charge >= 0.3 is 5.97 Å². The molecule has 0 saturated carbocycles. The minimum absolute atomic E-state index is 0.0309. The number of carbonyl (C=O) groups is 2. The Balaban J connectivity index is 1.49. The van der Waals surface area contributed by atoms with Crippen LogP contribution in [0.1, 0.15) is 24.7 Å². The molecule has 0 aliphatic rings. The van der Waals surface area contributed by atoms with E-state index in [1.54, 1.807) is 36.4 Å². The molecule has 3 aromatic rings. The number of para-hydroxylation sites is 1. The third-order valence-corrected chi connectivity index (χ3v) is 4.29. The number of amides is 1. The first-order chi connectivity index (χ1) is 13.9. The van der Waals surface area contributed by atoms with Crippen molar-refractivity contribution in [2.75, 3.05) is 0 Å². The molecule has 2 aromatic carbocycles. The van der Waals surface area contributed by atoms with Crippen molar-refractivity contribution in [2.24, 2.45) is 0 Å². The zero-order valence-corrected chi connectivity index (χ0v) is 15.8. The predicted octanol–water partition coefficient (Wildman–Crippen LogP) is 2.24. The van der Waals surface area contributed by atoms with Gasteiger partial charge in [0.25, 0.3) is 11.5 Å². The number of H-pyrrole nitrogens is 1. The summed E-state index contributed by atoms with van der Waals surface area (Å²) in [6, 6.07) is 12.6. The molecule has 8 heteroatoms. The van der Waals surface area contributed by atoms with Crippen LogP contribution in [0.4, 0.5) is 4.39 Å². The molecule has 0 aliphatic carbocycles. The standard InChI is InChI=1S/C21H20FN3O4/c1-13(20(27)23-12-14-6-8-15(22)9-7-14)29-19(26)11-10-18-24-17-5-3-2-4-16(17)21(28)25-18/h2-9,13H,10-12H2,1H3,(H,23,27)(H,24,25,28)/t13-/m1/s1. The predicted molar refractivity (Wildman–Crippen MR) is 104 cm³/mol. The van der Waals surface area contributed by atoms with Crippen molar-refractivity contribution in [3.05, 3.63) is 76.1 Å². The zero-order valence-electron chi connectivity index (χ0n) is 15.8. The Kier molecular flexibility index (Phi) is 6.33. The van der Waals surface area contributed by atoms with Crippen LogP contribution >= 0.6 is 0 Å². The van der Waals surface area contributed by atoms with Crippen molar-refractivity contribution >= 4 is 22.8 Å². The molecule has 0 bridgehead atoms. The number of aromatic nitrogens is 2. The van der Waals surface area contributed by atoms with E-state index in [1.807, 2.05) is 0 Å². The maximum absolute atomic E-state index is 12.9. The van der Waals surface area contributed by atoms with Crippen molar-refractivity contribution in [3.63, 3.8) is 0 Å². The number of aromatic amines is 1. The van der Waals surface area contributed by atoms with E-state index in [0.29, 0.717) is 16.7 Å². The van der Waals surface area contributed by atoms with Gasteiger partial charge in [0.05, 0.1) is 17.3 Å². The van der Waals surface area contributed by atoms with Gasteiger partial charge in [-0.05, 0) is 36.8 Å². The first-order valence-corrected chi connectivity index (χ1v) is 9.12. The molecule has 0 unspecified atom stereocenters. The summed E-state index contributed by atoms with van der Waals surface area (Å²) in [5.41, 5.74) is 1.00. The van der Waals surface area contributed by atoms with E-state index in [-0.39, 0.29) is 30.8 Å². The topological polar surface area (TPSA) is 101 Å². The molecular weight excluding hydrogens is 377 g/mol. The third kappa shape index (κ3) is 5.47. The van der Waals surface area contributed by atoms with Crippen LogP contribution in [0.2, 0.25) is 0 Å². The largest absolute Gasteiger partial charge is 0.453 e. The summed E-state index contributed by atoms with van der Waals surface area (Å²) in [6.45, 7) is 1.66. The average molecular weight is 397 g/mol. The Hall–Kier alpha value is -3.55. The lowest BCUT2D eigenvalue weighted by molar-refractivity contribution is -0.154. The second-order valence-corrected chi connectivity index (χ2v) is 6.51. The zero-order chi connectivity index (χ0) is 20.8. The number of ether oxygens (including phenoxy) is 1. The maximum atomic E-state index is 12.9. The number of aryl methyl sites for hydroxylation is 1. The minimum atomic E-state index is -0.980. The lowest BCUT2D eigenvalue weighted by Gasteiger charge is -2.13. The molecule has 1 amide bonds. The van der Waals surface area contributed by atoms with Gasteiger partial charge in [-0.3, -0.25) is 14.4 Å². The molecule has 1 atom stereocenters. The van der Waals surface area contributed by atoms with Crippen LogP contribution in [0.3, 0.4) is 0 Å². The Morgan fingerprint density at radius 3 is 2.66 bits per heavy atom. The Morgan fingerprint density at radius 1 is 1.17 bits per heavy atom. The fourth-order valence-corrected chi connectivity index (χ4v) is 2.72. The maximum Gasteiger partial charge on any atom is 0.307 e. The molecule has 0 spiro atoms. The highest BCUT2D eigenvalue weighted by atomic mass is 19.1. The van der Waals surface area contributed by atoms with E-state index in [2.05, 4.69) is 15.3 Å². The molecule has 3 rings (SSSR count).